The molecule has 1 heterocycles. The second-order valence-electron chi connectivity index (χ2n) is 7.82. The third-order valence-corrected chi connectivity index (χ3v) is 6.14. The minimum atomic E-state index is -0.558. The maximum atomic E-state index is 12.8. The van der Waals surface area contributed by atoms with Gasteiger partial charge in [0, 0.05) is 30.8 Å². The summed E-state index contributed by atoms with van der Waals surface area (Å²) in [4.78, 5) is 26.0. The minimum absolute atomic E-state index is 0.0333. The van der Waals surface area contributed by atoms with Gasteiger partial charge in [-0.15, -0.1) is 0 Å². The first-order valence-corrected chi connectivity index (χ1v) is 11.1. The van der Waals surface area contributed by atoms with E-state index in [4.69, 9.17) is 21.7 Å². The summed E-state index contributed by atoms with van der Waals surface area (Å²) >= 11 is 5.46. The minimum Gasteiger partial charge on any atom is -0.493 e. The number of nitrogens with zero attached hydrogens (tertiary/aromatic N) is 2. The van der Waals surface area contributed by atoms with Crippen LogP contribution >= 0.6 is 12.2 Å². The SMILES string of the molecule is CCCCCCOc1c(OC)cc(C2NC(=S)N(C)C3=C2C(=O)CCC3)cc1[N+](=O)[O-]. The maximum Gasteiger partial charge on any atom is 0.315 e. The first-order valence-electron chi connectivity index (χ1n) is 10.7. The zero-order chi connectivity index (χ0) is 22.5. The molecule has 31 heavy (non-hydrogen) atoms. The average Bonchev–Trinajstić information content (AvgIpc) is 2.75. The van der Waals surface area contributed by atoms with Crippen LogP contribution < -0.4 is 14.8 Å². The number of benzene rings is 1. The molecular weight excluding hydrogens is 418 g/mol. The van der Waals surface area contributed by atoms with Gasteiger partial charge in [-0.25, -0.2) is 0 Å². The zero-order valence-electron chi connectivity index (χ0n) is 18.2. The second-order valence-corrected chi connectivity index (χ2v) is 8.20. The van der Waals surface area contributed by atoms with Gasteiger partial charge in [-0.1, -0.05) is 26.2 Å². The summed E-state index contributed by atoms with van der Waals surface area (Å²) in [6.45, 7) is 2.50. The summed E-state index contributed by atoms with van der Waals surface area (Å²) < 4.78 is 11.2. The van der Waals surface area contributed by atoms with Gasteiger partial charge >= 0.3 is 5.69 Å². The lowest BCUT2D eigenvalue weighted by atomic mass is 9.84. The van der Waals surface area contributed by atoms with E-state index in [1.54, 1.807) is 6.07 Å². The molecule has 0 radical (unpaired) electrons. The summed E-state index contributed by atoms with van der Waals surface area (Å²) in [5, 5.41) is 15.5. The fourth-order valence-corrected chi connectivity index (χ4v) is 4.33. The van der Waals surface area contributed by atoms with Gasteiger partial charge in [0.2, 0.25) is 5.75 Å². The van der Waals surface area contributed by atoms with E-state index in [1.807, 2.05) is 11.9 Å². The van der Waals surface area contributed by atoms with Crippen molar-refractivity contribution < 1.29 is 19.2 Å². The van der Waals surface area contributed by atoms with Crippen molar-refractivity contribution in [3.05, 3.63) is 39.1 Å². The number of thiocarbonyl (C=S) groups is 1. The van der Waals surface area contributed by atoms with Crippen LogP contribution in [0.5, 0.6) is 11.5 Å². The number of carbonyl (C=O) groups excluding carboxylic acids is 1. The molecular formula is C22H29N3O5S. The molecule has 1 unspecified atom stereocenters. The third-order valence-electron chi connectivity index (χ3n) is 5.75. The molecule has 1 atom stereocenters. The predicted molar refractivity (Wildman–Crippen MR) is 121 cm³/mol. The van der Waals surface area contributed by atoms with E-state index in [0.29, 0.717) is 29.3 Å². The van der Waals surface area contributed by atoms with Crippen LogP contribution in [0.1, 0.15) is 63.5 Å². The smallest absolute Gasteiger partial charge is 0.315 e. The van der Waals surface area contributed by atoms with E-state index < -0.39 is 11.0 Å². The number of carbonyl (C=O) groups is 1. The number of Topliss-reactive ketones (excluding diaryl/α,β-unsaturated/α-hetero) is 1. The molecule has 0 aromatic heterocycles. The Bertz CT molecular complexity index is 915. The number of nitro groups is 1. The lowest BCUT2D eigenvalue weighted by molar-refractivity contribution is -0.386. The quantitative estimate of drug-likeness (QED) is 0.257. The molecule has 9 heteroatoms. The molecule has 0 bridgehead atoms. The number of allylic oxidation sites excluding steroid dienone is 1. The summed E-state index contributed by atoms with van der Waals surface area (Å²) in [6.07, 6.45) is 5.97. The van der Waals surface area contributed by atoms with Gasteiger partial charge in [-0.05, 0) is 43.1 Å². The maximum absolute atomic E-state index is 12.8. The lowest BCUT2D eigenvalue weighted by Gasteiger charge is -2.39. The number of ketones is 1. The topological polar surface area (TPSA) is 93.9 Å². The van der Waals surface area contributed by atoms with Crippen molar-refractivity contribution in [1.29, 1.82) is 0 Å². The Kier molecular flexibility index (Phi) is 7.48. The predicted octanol–water partition coefficient (Wildman–Crippen LogP) is 4.43. The highest BCUT2D eigenvalue weighted by molar-refractivity contribution is 7.80. The Hall–Kier alpha value is -2.68. The van der Waals surface area contributed by atoms with Gasteiger partial charge < -0.3 is 19.7 Å². The van der Waals surface area contributed by atoms with Gasteiger partial charge in [0.1, 0.15) is 0 Å². The van der Waals surface area contributed by atoms with Crippen LogP contribution in [-0.4, -0.2) is 41.5 Å². The zero-order valence-corrected chi connectivity index (χ0v) is 19.0. The van der Waals surface area contributed by atoms with E-state index in [1.165, 1.54) is 13.2 Å². The number of nitrogens with one attached hydrogen (secondary N) is 1. The molecule has 2 aliphatic rings. The Labute approximate surface area is 187 Å². The van der Waals surface area contributed by atoms with Crippen molar-refractivity contribution in [3.8, 4) is 11.5 Å². The summed E-state index contributed by atoms with van der Waals surface area (Å²) in [5.41, 5.74) is 1.87. The van der Waals surface area contributed by atoms with Crippen LogP contribution in [0.3, 0.4) is 0 Å². The Morgan fingerprint density at radius 3 is 2.74 bits per heavy atom. The largest absolute Gasteiger partial charge is 0.493 e. The standard InChI is InChI=1S/C22H29N3O5S/c1-4-5-6-7-11-30-21-16(25(27)28)12-14(13-18(21)29-3)20-19-15(9-8-10-17(19)26)24(2)22(31)23-20/h12-13,20H,4-11H2,1-3H3,(H,23,31). The van der Waals surface area contributed by atoms with Crippen LogP contribution in [0.2, 0.25) is 0 Å². The highest BCUT2D eigenvalue weighted by atomic mass is 32.1. The van der Waals surface area contributed by atoms with E-state index in [-0.39, 0.29) is 23.0 Å². The Morgan fingerprint density at radius 1 is 1.29 bits per heavy atom. The van der Waals surface area contributed by atoms with Crippen LogP contribution in [0.15, 0.2) is 23.4 Å². The monoisotopic (exact) mass is 447 g/mol. The highest BCUT2D eigenvalue weighted by Gasteiger charge is 2.37. The fraction of sp³-hybridized carbons (Fsp3) is 0.545. The van der Waals surface area contributed by atoms with Crippen molar-refractivity contribution in [3.63, 3.8) is 0 Å². The van der Waals surface area contributed by atoms with Gasteiger partial charge in [0.15, 0.2) is 16.6 Å². The number of hydrogen-bond donors (Lipinski definition) is 1. The summed E-state index contributed by atoms with van der Waals surface area (Å²) in [6, 6.07) is 2.60. The van der Waals surface area contributed by atoms with Crippen LogP contribution in [0.4, 0.5) is 5.69 Å². The molecule has 0 saturated carbocycles. The van der Waals surface area contributed by atoms with Gasteiger partial charge in [0.05, 0.1) is 24.7 Å². The Morgan fingerprint density at radius 2 is 2.06 bits per heavy atom. The fourth-order valence-electron chi connectivity index (χ4n) is 4.10. The van der Waals surface area contributed by atoms with Crippen molar-refractivity contribution >= 4 is 28.8 Å². The Balaban J connectivity index is 2.00. The molecule has 1 aliphatic carbocycles. The van der Waals surface area contributed by atoms with Crippen molar-refractivity contribution in [2.45, 2.75) is 57.9 Å². The number of unbranched alkanes of at least 4 members (excludes halogenated alkanes) is 3. The number of hydrogen-bond acceptors (Lipinski definition) is 6. The number of ether oxygens (including phenoxy) is 2. The highest BCUT2D eigenvalue weighted by Crippen LogP contribution is 2.43. The first kappa shape index (κ1) is 23.0. The second kappa shape index (κ2) is 10.1. The van der Waals surface area contributed by atoms with Crippen molar-refractivity contribution in [1.82, 2.24) is 10.2 Å². The molecule has 1 aliphatic heterocycles. The molecule has 3 rings (SSSR count). The van der Waals surface area contributed by atoms with E-state index in [0.717, 1.165) is 44.2 Å². The molecule has 0 amide bonds. The van der Waals surface area contributed by atoms with E-state index in [9.17, 15) is 14.9 Å². The van der Waals surface area contributed by atoms with Gasteiger partial charge in [-0.2, -0.15) is 0 Å². The summed E-state index contributed by atoms with van der Waals surface area (Å²) in [5.74, 6) is 0.426. The third kappa shape index (κ3) is 4.81. The van der Waals surface area contributed by atoms with Crippen molar-refractivity contribution in [2.75, 3.05) is 20.8 Å². The normalized spacial score (nSPS) is 18.5. The molecule has 0 saturated heterocycles. The number of methoxy groups -OCH3 is 1. The van der Waals surface area contributed by atoms with Gasteiger partial charge in [0.25, 0.3) is 0 Å². The number of nitro benzene ring substituents is 1. The van der Waals surface area contributed by atoms with E-state index in [2.05, 4.69) is 12.2 Å². The first-order chi connectivity index (χ1) is 14.9. The molecule has 0 spiro atoms. The summed E-state index contributed by atoms with van der Waals surface area (Å²) in [7, 11) is 3.29. The molecule has 168 valence electrons. The average molecular weight is 448 g/mol. The number of rotatable bonds is 9. The van der Waals surface area contributed by atoms with Gasteiger partial charge in [-0.3, -0.25) is 14.9 Å². The van der Waals surface area contributed by atoms with Crippen LogP contribution in [0.25, 0.3) is 0 Å². The molecule has 0 fully saturated rings. The van der Waals surface area contributed by atoms with Crippen LogP contribution in [0, 0.1) is 10.1 Å². The lowest BCUT2D eigenvalue weighted by Crippen LogP contribution is -2.47. The van der Waals surface area contributed by atoms with Crippen molar-refractivity contribution in [2.24, 2.45) is 0 Å². The molecule has 8 nitrogen and oxygen atoms in total. The molecule has 1 aromatic rings. The molecule has 1 aromatic carbocycles. The van der Waals surface area contributed by atoms with E-state index >= 15 is 0 Å². The van der Waals surface area contributed by atoms with Crippen LogP contribution in [-0.2, 0) is 4.79 Å². The molecule has 1 N–H and O–H groups in total.